The summed E-state index contributed by atoms with van der Waals surface area (Å²) >= 11 is 0. The summed E-state index contributed by atoms with van der Waals surface area (Å²) in [4.78, 5) is 26.5. The first kappa shape index (κ1) is 38.6. The number of alkyl carbamates (subject to hydrolysis) is 1. The summed E-state index contributed by atoms with van der Waals surface area (Å²) in [6.45, 7) is 12.6. The lowest BCUT2D eigenvalue weighted by atomic mass is 10.1. The summed E-state index contributed by atoms with van der Waals surface area (Å²) in [7, 11) is 0. The van der Waals surface area contributed by atoms with Crippen LogP contribution in [0.1, 0.15) is 118 Å². The van der Waals surface area contributed by atoms with Gasteiger partial charge in [0.15, 0.2) is 6.29 Å². The predicted octanol–water partition coefficient (Wildman–Crippen LogP) is 6.07. The number of nitrogens with zero attached hydrogens (tertiary/aromatic N) is 1. The first-order chi connectivity index (χ1) is 19.5. The van der Waals surface area contributed by atoms with Crippen LogP contribution in [0.3, 0.4) is 0 Å². The fourth-order valence-electron chi connectivity index (χ4n) is 4.18. The molecular weight excluding hydrogens is 512 g/mol. The van der Waals surface area contributed by atoms with E-state index in [0.717, 1.165) is 45.3 Å². The first-order valence-electron chi connectivity index (χ1n) is 16.1. The largest absolute Gasteiger partial charge is 0.465 e. The average molecular weight is 575 g/mol. The molecule has 2 N–H and O–H groups in total. The zero-order valence-corrected chi connectivity index (χ0v) is 26.3. The normalized spacial score (nSPS) is 12.2. The molecule has 1 amide bonds. The van der Waals surface area contributed by atoms with Crippen molar-refractivity contribution in [3.8, 4) is 0 Å². The van der Waals surface area contributed by atoms with Gasteiger partial charge in [0.05, 0.1) is 25.6 Å². The van der Waals surface area contributed by atoms with Gasteiger partial charge in [-0.3, -0.25) is 4.79 Å². The van der Waals surface area contributed by atoms with Crippen LogP contribution >= 0.6 is 0 Å². The minimum absolute atomic E-state index is 0.00996. The maximum absolute atomic E-state index is 12.4. The third-order valence-electron chi connectivity index (χ3n) is 6.97. The van der Waals surface area contributed by atoms with Gasteiger partial charge in [-0.1, -0.05) is 91.9 Å². The third-order valence-corrected chi connectivity index (χ3v) is 6.97. The highest BCUT2D eigenvalue weighted by Gasteiger charge is 2.17. The van der Waals surface area contributed by atoms with Crippen LogP contribution in [0, 0.1) is 5.92 Å². The van der Waals surface area contributed by atoms with Crippen molar-refractivity contribution < 1.29 is 33.6 Å². The van der Waals surface area contributed by atoms with Crippen molar-refractivity contribution in [1.82, 2.24) is 10.2 Å². The van der Waals surface area contributed by atoms with Crippen molar-refractivity contribution in [1.29, 1.82) is 0 Å². The molecule has 0 radical (unpaired) electrons. The zero-order valence-electron chi connectivity index (χ0n) is 26.3. The van der Waals surface area contributed by atoms with Gasteiger partial charge in [-0.25, -0.2) is 4.79 Å². The summed E-state index contributed by atoms with van der Waals surface area (Å²) in [6.07, 6.45) is 13.9. The number of rotatable bonds is 29. The number of carbonyl (C=O) groups is 2. The monoisotopic (exact) mass is 574 g/mol. The second kappa shape index (κ2) is 29.1. The fourth-order valence-corrected chi connectivity index (χ4v) is 4.18. The van der Waals surface area contributed by atoms with Crippen molar-refractivity contribution in [3.05, 3.63) is 0 Å². The maximum Gasteiger partial charge on any atom is 0.407 e. The standard InChI is InChI=1S/C31H62N2O7/c1-5-9-11-13-15-17-23-37-30(38-24-18-16-14-12-10-6-2)20-19-29(35)39-26-28(25-34)27-40-31(36)32-21-22-33(7-3)8-4/h28,30,34H,5-27H2,1-4H3,(H,32,36). The zero-order chi connectivity index (χ0) is 29.7. The number of esters is 1. The Kier molecular flexibility index (Phi) is 28.1. The van der Waals surface area contributed by atoms with Crippen LogP contribution in [-0.2, 0) is 23.7 Å². The highest BCUT2D eigenvalue weighted by Crippen LogP contribution is 2.12. The number of likely N-dealkylation sites (N-methyl/N-ethyl adjacent to an activating group) is 1. The van der Waals surface area contributed by atoms with Gasteiger partial charge in [-0.15, -0.1) is 0 Å². The second-order valence-corrected chi connectivity index (χ2v) is 10.5. The summed E-state index contributed by atoms with van der Waals surface area (Å²) < 4.78 is 22.5. The molecule has 40 heavy (non-hydrogen) atoms. The molecule has 0 aliphatic carbocycles. The molecule has 0 aliphatic heterocycles. The number of hydrogen-bond donors (Lipinski definition) is 2. The lowest BCUT2D eigenvalue weighted by molar-refractivity contribution is -0.160. The van der Waals surface area contributed by atoms with Gasteiger partial charge in [-0.2, -0.15) is 0 Å². The number of amides is 1. The van der Waals surface area contributed by atoms with E-state index in [1.54, 1.807) is 0 Å². The van der Waals surface area contributed by atoms with E-state index in [2.05, 4.69) is 37.9 Å². The quantitative estimate of drug-likeness (QED) is 0.0630. The average Bonchev–Trinajstić information content (AvgIpc) is 2.96. The molecule has 9 nitrogen and oxygen atoms in total. The Labute approximate surface area is 245 Å². The molecule has 9 heteroatoms. The Morgan fingerprint density at radius 3 is 1.80 bits per heavy atom. The maximum atomic E-state index is 12.4. The van der Waals surface area contributed by atoms with E-state index in [1.807, 2.05) is 0 Å². The molecule has 238 valence electrons. The number of aliphatic hydroxyl groups is 1. The van der Waals surface area contributed by atoms with E-state index >= 15 is 0 Å². The van der Waals surface area contributed by atoms with Gasteiger partial charge in [0.25, 0.3) is 0 Å². The van der Waals surface area contributed by atoms with Crippen molar-refractivity contribution in [3.63, 3.8) is 0 Å². The lowest BCUT2D eigenvalue weighted by Gasteiger charge is -2.19. The van der Waals surface area contributed by atoms with Crippen LogP contribution in [0.5, 0.6) is 0 Å². The summed E-state index contributed by atoms with van der Waals surface area (Å²) in [5.41, 5.74) is 0. The molecule has 0 bridgehead atoms. The third kappa shape index (κ3) is 24.4. The molecule has 0 aromatic carbocycles. The van der Waals surface area contributed by atoms with E-state index < -0.39 is 18.3 Å². The Bertz CT molecular complexity index is 558. The van der Waals surface area contributed by atoms with Crippen molar-refractivity contribution in [2.24, 2.45) is 5.92 Å². The molecule has 0 spiro atoms. The summed E-state index contributed by atoms with van der Waals surface area (Å²) in [5.74, 6) is -0.848. The van der Waals surface area contributed by atoms with E-state index in [1.165, 1.54) is 51.4 Å². The smallest absolute Gasteiger partial charge is 0.407 e. The second-order valence-electron chi connectivity index (χ2n) is 10.5. The van der Waals surface area contributed by atoms with E-state index in [0.29, 0.717) is 26.2 Å². The Morgan fingerprint density at radius 2 is 1.27 bits per heavy atom. The van der Waals surface area contributed by atoms with Gasteiger partial charge in [0, 0.05) is 32.7 Å². The Hall–Kier alpha value is -1.42. The molecule has 0 fully saturated rings. The molecule has 0 rings (SSSR count). The van der Waals surface area contributed by atoms with Crippen LogP contribution in [-0.4, -0.2) is 87.6 Å². The van der Waals surface area contributed by atoms with E-state index in [-0.39, 0.29) is 32.2 Å². The van der Waals surface area contributed by atoms with Gasteiger partial charge in [-0.05, 0) is 25.9 Å². The van der Waals surface area contributed by atoms with Gasteiger partial charge >= 0.3 is 12.1 Å². The van der Waals surface area contributed by atoms with E-state index in [9.17, 15) is 14.7 Å². The molecule has 0 saturated carbocycles. The molecule has 0 aliphatic rings. The highest BCUT2D eigenvalue weighted by atomic mass is 16.7. The number of hydrogen-bond acceptors (Lipinski definition) is 8. The molecule has 1 atom stereocenters. The number of unbranched alkanes of at least 4 members (excludes halogenated alkanes) is 10. The SMILES string of the molecule is CCCCCCCCOC(CCC(=O)OCC(CO)COC(=O)NCCN(CC)CC)OCCCCCCCC. The topological polar surface area (TPSA) is 107 Å². The summed E-state index contributed by atoms with van der Waals surface area (Å²) in [6, 6.07) is 0. The molecule has 0 aromatic heterocycles. The van der Waals surface area contributed by atoms with Crippen molar-refractivity contribution in [2.45, 2.75) is 124 Å². The van der Waals surface area contributed by atoms with Crippen LogP contribution in [0.15, 0.2) is 0 Å². The van der Waals surface area contributed by atoms with Crippen LogP contribution in [0.25, 0.3) is 0 Å². The molecule has 0 aromatic rings. The number of carbonyl (C=O) groups excluding carboxylic acids is 2. The lowest BCUT2D eigenvalue weighted by Crippen LogP contribution is -2.36. The molecule has 0 heterocycles. The molecule has 0 saturated heterocycles. The predicted molar refractivity (Wildman–Crippen MR) is 160 cm³/mol. The van der Waals surface area contributed by atoms with Crippen LogP contribution in [0.2, 0.25) is 0 Å². The van der Waals surface area contributed by atoms with Gasteiger partial charge in [0.1, 0.15) is 6.61 Å². The van der Waals surface area contributed by atoms with Gasteiger partial charge < -0.3 is 34.3 Å². The fraction of sp³-hybridized carbons (Fsp3) is 0.935. The van der Waals surface area contributed by atoms with Crippen molar-refractivity contribution >= 4 is 12.1 Å². The molecule has 1 unspecified atom stereocenters. The molecular formula is C31H62N2O7. The number of nitrogens with one attached hydrogen (secondary N) is 1. The number of aliphatic hydroxyl groups excluding tert-OH is 1. The number of ether oxygens (including phenoxy) is 4. The van der Waals surface area contributed by atoms with E-state index in [4.69, 9.17) is 18.9 Å². The Morgan fingerprint density at radius 1 is 0.750 bits per heavy atom. The Balaban J connectivity index is 4.32. The first-order valence-corrected chi connectivity index (χ1v) is 16.1. The van der Waals surface area contributed by atoms with Gasteiger partial charge in [0.2, 0.25) is 0 Å². The van der Waals surface area contributed by atoms with Crippen molar-refractivity contribution in [2.75, 3.05) is 59.2 Å². The van der Waals surface area contributed by atoms with Crippen LogP contribution in [0.4, 0.5) is 4.79 Å². The highest BCUT2D eigenvalue weighted by molar-refractivity contribution is 5.69. The minimum Gasteiger partial charge on any atom is -0.465 e. The minimum atomic E-state index is -0.537. The van der Waals surface area contributed by atoms with Crippen LogP contribution < -0.4 is 5.32 Å². The summed E-state index contributed by atoms with van der Waals surface area (Å²) in [5, 5.41) is 12.3.